The van der Waals surface area contributed by atoms with Gasteiger partial charge in [0.25, 0.3) is 0 Å². The number of carbonyl (C=O) groups excluding carboxylic acids is 2. The van der Waals surface area contributed by atoms with Crippen LogP contribution in [0.1, 0.15) is 57.1 Å². The minimum Gasteiger partial charge on any atom is -0.353 e. The lowest BCUT2D eigenvalue weighted by atomic mass is 9.87. The lowest BCUT2D eigenvalue weighted by Crippen LogP contribution is -2.49. The summed E-state index contributed by atoms with van der Waals surface area (Å²) >= 11 is 0. The third-order valence-electron chi connectivity index (χ3n) is 5.10. The monoisotopic (exact) mass is 318 g/mol. The maximum atomic E-state index is 13.1. The molecule has 2 aliphatic heterocycles. The minimum atomic E-state index is -0.175. The van der Waals surface area contributed by atoms with E-state index in [-0.39, 0.29) is 29.8 Å². The van der Waals surface area contributed by atoms with Gasteiger partial charge in [0.1, 0.15) is 0 Å². The number of nitrogens with zero attached hydrogens (tertiary/aromatic N) is 3. The van der Waals surface area contributed by atoms with E-state index >= 15 is 0 Å². The van der Waals surface area contributed by atoms with Crippen LogP contribution in [0.25, 0.3) is 0 Å². The summed E-state index contributed by atoms with van der Waals surface area (Å²) in [6.07, 6.45) is 8.97. The Labute approximate surface area is 137 Å². The van der Waals surface area contributed by atoms with Crippen LogP contribution in [0, 0.1) is 5.92 Å². The number of hydrogen-bond acceptors (Lipinski definition) is 3. The molecular formula is C17H26N4O2. The molecule has 0 radical (unpaired) electrons. The third kappa shape index (κ3) is 3.41. The number of nitrogens with one attached hydrogen (secondary N) is 1. The highest BCUT2D eigenvalue weighted by molar-refractivity contribution is 5.87. The lowest BCUT2D eigenvalue weighted by molar-refractivity contribution is -0.144. The molecule has 0 bridgehead atoms. The Morgan fingerprint density at radius 1 is 1.43 bits per heavy atom. The molecule has 3 heterocycles. The third-order valence-corrected chi connectivity index (χ3v) is 5.10. The van der Waals surface area contributed by atoms with Crippen molar-refractivity contribution >= 4 is 11.8 Å². The summed E-state index contributed by atoms with van der Waals surface area (Å²) in [5.41, 5.74) is 1.10. The van der Waals surface area contributed by atoms with Gasteiger partial charge in [-0.2, -0.15) is 5.10 Å². The number of amides is 2. The number of likely N-dealkylation sites (tertiary alicyclic amines) is 1. The summed E-state index contributed by atoms with van der Waals surface area (Å²) < 4.78 is 1.79. The zero-order valence-electron chi connectivity index (χ0n) is 14.0. The predicted octanol–water partition coefficient (Wildman–Crippen LogP) is 1.78. The molecule has 6 heteroatoms. The van der Waals surface area contributed by atoms with E-state index < -0.39 is 0 Å². The van der Waals surface area contributed by atoms with Gasteiger partial charge in [-0.25, -0.2) is 0 Å². The van der Waals surface area contributed by atoms with Crippen LogP contribution >= 0.6 is 0 Å². The average Bonchev–Trinajstić information content (AvgIpc) is 3.00. The molecule has 126 valence electrons. The second-order valence-corrected chi connectivity index (χ2v) is 6.80. The van der Waals surface area contributed by atoms with Crippen molar-refractivity contribution < 1.29 is 9.59 Å². The average molecular weight is 318 g/mol. The maximum Gasteiger partial charge on any atom is 0.226 e. The van der Waals surface area contributed by atoms with Crippen molar-refractivity contribution in [2.24, 2.45) is 13.0 Å². The fraction of sp³-hybridized carbons (Fsp3) is 0.706. The molecular weight excluding hydrogens is 292 g/mol. The van der Waals surface area contributed by atoms with E-state index in [1.165, 1.54) is 0 Å². The molecule has 2 saturated heterocycles. The van der Waals surface area contributed by atoms with Gasteiger partial charge in [-0.15, -0.1) is 0 Å². The Morgan fingerprint density at radius 2 is 2.26 bits per heavy atom. The number of aryl methyl sites for hydroxylation is 1. The molecule has 1 aromatic heterocycles. The van der Waals surface area contributed by atoms with Crippen molar-refractivity contribution in [1.29, 1.82) is 0 Å². The van der Waals surface area contributed by atoms with Crippen molar-refractivity contribution in [2.75, 3.05) is 6.54 Å². The fourth-order valence-electron chi connectivity index (χ4n) is 3.84. The van der Waals surface area contributed by atoms with Crippen LogP contribution in [0.2, 0.25) is 0 Å². The molecule has 0 saturated carbocycles. The van der Waals surface area contributed by atoms with Gasteiger partial charge in [0, 0.05) is 43.7 Å². The zero-order valence-corrected chi connectivity index (χ0v) is 14.0. The minimum absolute atomic E-state index is 0.0105. The van der Waals surface area contributed by atoms with Gasteiger partial charge in [0.15, 0.2) is 0 Å². The van der Waals surface area contributed by atoms with Gasteiger partial charge in [-0.3, -0.25) is 14.3 Å². The molecule has 0 aliphatic carbocycles. The molecule has 2 amide bonds. The second kappa shape index (κ2) is 6.72. The Kier molecular flexibility index (Phi) is 4.68. The Balaban J connectivity index is 1.77. The predicted molar refractivity (Wildman–Crippen MR) is 86.5 cm³/mol. The van der Waals surface area contributed by atoms with Crippen LogP contribution in [0.5, 0.6) is 0 Å². The zero-order chi connectivity index (χ0) is 16.4. The molecule has 1 aromatic rings. The first-order valence-electron chi connectivity index (χ1n) is 8.67. The summed E-state index contributed by atoms with van der Waals surface area (Å²) in [6, 6.07) is 0.238. The molecule has 2 fully saturated rings. The molecule has 1 N–H and O–H groups in total. The van der Waals surface area contributed by atoms with E-state index in [0.717, 1.165) is 44.2 Å². The number of piperidine rings is 2. The SMILES string of the molecule is CCC1CC(C(=O)N2CCCCC2c2cnn(C)c2)CC(=O)N1. The first kappa shape index (κ1) is 16.0. The van der Waals surface area contributed by atoms with E-state index in [0.29, 0.717) is 6.42 Å². The Bertz CT molecular complexity index is 583. The quantitative estimate of drug-likeness (QED) is 0.924. The van der Waals surface area contributed by atoms with E-state index in [2.05, 4.69) is 17.3 Å². The molecule has 3 atom stereocenters. The van der Waals surface area contributed by atoms with Crippen molar-refractivity contribution in [3.63, 3.8) is 0 Å². The van der Waals surface area contributed by atoms with Crippen LogP contribution in [0.15, 0.2) is 12.4 Å². The van der Waals surface area contributed by atoms with Crippen molar-refractivity contribution in [1.82, 2.24) is 20.0 Å². The van der Waals surface area contributed by atoms with Crippen LogP contribution in [-0.4, -0.2) is 39.1 Å². The summed E-state index contributed by atoms with van der Waals surface area (Å²) in [5, 5.41) is 7.23. The van der Waals surface area contributed by atoms with E-state index in [4.69, 9.17) is 0 Å². The second-order valence-electron chi connectivity index (χ2n) is 6.80. The van der Waals surface area contributed by atoms with Crippen LogP contribution in [0.4, 0.5) is 0 Å². The number of carbonyl (C=O) groups is 2. The fourth-order valence-corrected chi connectivity index (χ4v) is 3.84. The van der Waals surface area contributed by atoms with E-state index in [1.807, 2.05) is 24.3 Å². The number of hydrogen-bond donors (Lipinski definition) is 1. The molecule has 3 unspecified atom stereocenters. The van der Waals surface area contributed by atoms with Gasteiger partial charge >= 0.3 is 0 Å². The maximum absolute atomic E-state index is 13.1. The molecule has 0 spiro atoms. The standard InChI is InChI=1S/C17H26N4O2/c1-3-14-8-12(9-16(22)19-14)17(23)21-7-5-4-6-15(21)13-10-18-20(2)11-13/h10-12,14-15H,3-9H2,1-2H3,(H,19,22). The van der Waals surface area contributed by atoms with Crippen LogP contribution in [0.3, 0.4) is 0 Å². The summed E-state index contributed by atoms with van der Waals surface area (Å²) in [5.74, 6) is -0.0192. The smallest absolute Gasteiger partial charge is 0.226 e. The summed E-state index contributed by atoms with van der Waals surface area (Å²) in [7, 11) is 1.90. The Hall–Kier alpha value is -1.85. The topological polar surface area (TPSA) is 67.2 Å². The highest BCUT2D eigenvalue weighted by Gasteiger charge is 2.37. The largest absolute Gasteiger partial charge is 0.353 e. The van der Waals surface area contributed by atoms with Gasteiger partial charge < -0.3 is 10.2 Å². The molecule has 0 aromatic carbocycles. The van der Waals surface area contributed by atoms with Crippen molar-refractivity contribution in [2.45, 2.75) is 57.5 Å². The highest BCUT2D eigenvalue weighted by atomic mass is 16.2. The molecule has 6 nitrogen and oxygen atoms in total. The highest BCUT2D eigenvalue weighted by Crippen LogP contribution is 2.33. The number of aromatic nitrogens is 2. The molecule has 3 rings (SSSR count). The molecule has 2 aliphatic rings. The molecule has 23 heavy (non-hydrogen) atoms. The van der Waals surface area contributed by atoms with Crippen LogP contribution < -0.4 is 5.32 Å². The summed E-state index contributed by atoms with van der Waals surface area (Å²) in [4.78, 5) is 27.0. The first-order valence-corrected chi connectivity index (χ1v) is 8.67. The van der Waals surface area contributed by atoms with Gasteiger partial charge in [0.2, 0.25) is 11.8 Å². The van der Waals surface area contributed by atoms with E-state index in [9.17, 15) is 9.59 Å². The van der Waals surface area contributed by atoms with Crippen molar-refractivity contribution in [3.05, 3.63) is 18.0 Å². The van der Waals surface area contributed by atoms with Crippen molar-refractivity contribution in [3.8, 4) is 0 Å². The van der Waals surface area contributed by atoms with Gasteiger partial charge in [-0.1, -0.05) is 6.92 Å². The normalized spacial score (nSPS) is 28.5. The number of rotatable bonds is 3. The summed E-state index contributed by atoms with van der Waals surface area (Å²) in [6.45, 7) is 2.84. The van der Waals surface area contributed by atoms with Gasteiger partial charge in [0.05, 0.1) is 12.2 Å². The first-order chi connectivity index (χ1) is 11.1. The Morgan fingerprint density at radius 3 is 2.96 bits per heavy atom. The van der Waals surface area contributed by atoms with E-state index in [1.54, 1.807) is 4.68 Å². The van der Waals surface area contributed by atoms with Crippen LogP contribution in [-0.2, 0) is 16.6 Å². The van der Waals surface area contributed by atoms with Gasteiger partial charge in [-0.05, 0) is 32.1 Å². The lowest BCUT2D eigenvalue weighted by Gasteiger charge is -2.39.